The lowest BCUT2D eigenvalue weighted by Gasteiger charge is -2.30. The Hall–Kier alpha value is -4.24. The summed E-state index contributed by atoms with van der Waals surface area (Å²) in [5.74, 6) is 1.26. The molecule has 3 heterocycles. The first-order valence-corrected chi connectivity index (χ1v) is 16.9. The zero-order valence-electron chi connectivity index (χ0n) is 27.6. The third-order valence-corrected chi connectivity index (χ3v) is 8.76. The number of amidine groups is 1. The van der Waals surface area contributed by atoms with Crippen molar-refractivity contribution >= 4 is 40.0 Å². The zero-order valence-corrected chi connectivity index (χ0v) is 29.2. The first-order valence-electron chi connectivity index (χ1n) is 15.5. The van der Waals surface area contributed by atoms with Crippen LogP contribution in [0.1, 0.15) is 50.3 Å². The lowest BCUT2D eigenvalue weighted by atomic mass is 9.93. The summed E-state index contributed by atoms with van der Waals surface area (Å²) in [5, 5.41) is 6.98. The molecule has 1 saturated heterocycles. The van der Waals surface area contributed by atoms with Crippen LogP contribution in [0.2, 0.25) is 0 Å². The van der Waals surface area contributed by atoms with Gasteiger partial charge in [-0.3, -0.25) is 4.90 Å². The Morgan fingerprint density at radius 2 is 1.80 bits per heavy atom. The summed E-state index contributed by atoms with van der Waals surface area (Å²) in [6.07, 6.45) is -0.984. The molecule has 0 radical (unpaired) electrons. The van der Waals surface area contributed by atoms with Gasteiger partial charge in [0, 0.05) is 22.9 Å². The number of aromatic nitrogens is 3. The van der Waals surface area contributed by atoms with Crippen molar-refractivity contribution < 1.29 is 27.5 Å². The number of ether oxygens (including phenoxy) is 2. The molecule has 0 amide bonds. The second-order valence-electron chi connectivity index (χ2n) is 12.7. The number of hydrogen-bond donors (Lipinski definition) is 0. The Bertz CT molecular complexity index is 1890. The number of aryl methyl sites for hydroxylation is 1. The summed E-state index contributed by atoms with van der Waals surface area (Å²) in [6.45, 7) is 10.7. The molecular weight excluding hydrogens is 674 g/mol. The third-order valence-electron chi connectivity index (χ3n) is 7.62. The molecule has 49 heavy (non-hydrogen) atoms. The van der Waals surface area contributed by atoms with Crippen molar-refractivity contribution in [3.8, 4) is 22.8 Å². The van der Waals surface area contributed by atoms with Gasteiger partial charge in [-0.25, -0.2) is 9.67 Å². The Labute approximate surface area is 292 Å². The van der Waals surface area contributed by atoms with E-state index in [9.17, 15) is 13.2 Å². The van der Waals surface area contributed by atoms with E-state index in [4.69, 9.17) is 26.8 Å². The van der Waals surface area contributed by atoms with Crippen LogP contribution in [-0.4, -0.2) is 54.6 Å². The molecule has 0 N–H and O–H groups in total. The van der Waals surface area contributed by atoms with E-state index < -0.39 is 12.0 Å². The summed E-state index contributed by atoms with van der Waals surface area (Å²) in [5.41, 5.74) is 6.54. The van der Waals surface area contributed by atoms with Crippen molar-refractivity contribution in [3.63, 3.8) is 0 Å². The van der Waals surface area contributed by atoms with E-state index in [-0.39, 0.29) is 17.7 Å². The lowest BCUT2D eigenvalue weighted by molar-refractivity contribution is -0.274. The van der Waals surface area contributed by atoms with E-state index in [1.165, 1.54) is 52.1 Å². The molecule has 6 rings (SSSR count). The van der Waals surface area contributed by atoms with Gasteiger partial charge in [-0.2, -0.15) is 4.99 Å². The van der Waals surface area contributed by atoms with E-state index >= 15 is 0 Å². The van der Waals surface area contributed by atoms with Gasteiger partial charge in [0.25, 0.3) is 0 Å². The van der Waals surface area contributed by atoms with Crippen LogP contribution >= 0.6 is 24.0 Å². The molecule has 1 unspecified atom stereocenters. The highest BCUT2D eigenvalue weighted by atomic mass is 32.2. The molecule has 4 aromatic rings. The van der Waals surface area contributed by atoms with Gasteiger partial charge in [-0.15, -0.1) is 23.3 Å². The van der Waals surface area contributed by atoms with Crippen molar-refractivity contribution in [2.45, 2.75) is 59.0 Å². The van der Waals surface area contributed by atoms with E-state index in [1.807, 2.05) is 45.0 Å². The maximum Gasteiger partial charge on any atom is 0.573 e. The number of fused-ring (bicyclic) bond motifs is 3. The molecule has 14 heteroatoms. The third kappa shape index (κ3) is 8.68. The number of anilines is 1. The number of halogens is 3. The summed E-state index contributed by atoms with van der Waals surface area (Å²) in [6, 6.07) is 19.5. The van der Waals surface area contributed by atoms with Gasteiger partial charge in [0.15, 0.2) is 11.0 Å². The van der Waals surface area contributed by atoms with Crippen LogP contribution in [0.4, 0.5) is 18.9 Å². The molecule has 0 saturated carbocycles. The minimum atomic E-state index is -4.76. The summed E-state index contributed by atoms with van der Waals surface area (Å²) >= 11 is 7.28. The maximum absolute atomic E-state index is 12.5. The van der Waals surface area contributed by atoms with Gasteiger partial charge >= 0.3 is 11.5 Å². The van der Waals surface area contributed by atoms with E-state index in [1.54, 1.807) is 16.8 Å². The SMILES string of the molecule is Cc1ccc2c(c1)N1C(=CC2C)CSC1=NC(=S)ON(COC(C)(C)C)Cc1ccc(-c2ncn(-c3ccc(OC(F)(F)F)cc3)n2)cc1. The molecule has 1 fully saturated rings. The number of thioether (sulfide) groups is 1. The Kier molecular flexibility index (Phi) is 9.85. The largest absolute Gasteiger partial charge is 0.573 e. The summed E-state index contributed by atoms with van der Waals surface area (Å²) in [7, 11) is 0. The van der Waals surface area contributed by atoms with Gasteiger partial charge in [0.2, 0.25) is 0 Å². The fraction of sp³-hybridized carbons (Fsp3) is 0.314. The highest BCUT2D eigenvalue weighted by Crippen LogP contribution is 2.43. The standard InChI is InChI=1S/C35H35F3N6O3S2/c1-22-6-15-29-23(2)17-27-19-49-32(44(27)30(29)16-22)40-33(48)47-42(21-45-34(3,4)5)18-24-7-9-25(10-8-24)31-39-20-43(41-31)26-11-13-28(14-12-26)46-35(36,37)38/h6-17,20,23H,18-19,21H2,1-5H3. The molecule has 9 nitrogen and oxygen atoms in total. The van der Waals surface area contributed by atoms with Crippen molar-refractivity contribution in [2.24, 2.45) is 4.99 Å². The number of alkyl halides is 3. The first kappa shape index (κ1) is 34.6. The monoisotopic (exact) mass is 708 g/mol. The smallest absolute Gasteiger partial charge is 0.406 e. The van der Waals surface area contributed by atoms with Crippen molar-refractivity contribution in [1.82, 2.24) is 19.8 Å². The number of rotatable bonds is 8. The van der Waals surface area contributed by atoms with Crippen LogP contribution in [0.25, 0.3) is 17.1 Å². The Morgan fingerprint density at radius 1 is 1.06 bits per heavy atom. The normalized spacial score (nSPS) is 16.8. The number of hydroxylamine groups is 2. The van der Waals surface area contributed by atoms with Crippen molar-refractivity contribution in [1.29, 1.82) is 0 Å². The summed E-state index contributed by atoms with van der Waals surface area (Å²) in [4.78, 5) is 17.4. The fourth-order valence-electron chi connectivity index (χ4n) is 5.33. The molecule has 1 aromatic heterocycles. The maximum atomic E-state index is 12.5. The van der Waals surface area contributed by atoms with Crippen LogP contribution in [0.3, 0.4) is 0 Å². The zero-order chi connectivity index (χ0) is 34.9. The molecule has 3 aromatic carbocycles. The molecule has 0 aliphatic carbocycles. The van der Waals surface area contributed by atoms with Crippen molar-refractivity contribution in [3.05, 3.63) is 102 Å². The van der Waals surface area contributed by atoms with Gasteiger partial charge in [-0.05, 0) is 86.9 Å². The first-order chi connectivity index (χ1) is 23.2. The van der Waals surface area contributed by atoms with Crippen LogP contribution < -0.4 is 9.64 Å². The molecule has 0 spiro atoms. The summed E-state index contributed by atoms with van der Waals surface area (Å²) < 4.78 is 49.0. The molecule has 2 aliphatic rings. The van der Waals surface area contributed by atoms with Crippen LogP contribution in [0, 0.1) is 6.92 Å². The molecule has 0 bridgehead atoms. The molecule has 256 valence electrons. The van der Waals surface area contributed by atoms with Crippen molar-refractivity contribution in [2.75, 3.05) is 17.4 Å². The Morgan fingerprint density at radius 3 is 2.49 bits per heavy atom. The number of hydrogen-bond acceptors (Lipinski definition) is 8. The Balaban J connectivity index is 1.14. The minimum absolute atomic E-state index is 0.0819. The molecule has 2 aliphatic heterocycles. The van der Waals surface area contributed by atoms with Crippen LogP contribution in [-0.2, 0) is 16.1 Å². The number of benzene rings is 3. The number of nitrogens with zero attached hydrogens (tertiary/aromatic N) is 6. The number of allylic oxidation sites excluding steroid dienone is 1. The van der Waals surface area contributed by atoms with Crippen LogP contribution in [0.15, 0.2) is 89.8 Å². The van der Waals surface area contributed by atoms with E-state index in [0.717, 1.165) is 27.7 Å². The number of aliphatic imine (C=N–C) groups is 1. The van der Waals surface area contributed by atoms with Gasteiger partial charge in [0.1, 0.15) is 18.8 Å². The average Bonchev–Trinajstić information content (AvgIpc) is 3.67. The fourth-order valence-corrected chi connectivity index (χ4v) is 6.57. The van der Waals surface area contributed by atoms with Gasteiger partial charge in [0.05, 0.1) is 23.5 Å². The van der Waals surface area contributed by atoms with Gasteiger partial charge < -0.3 is 14.3 Å². The quantitative estimate of drug-likeness (QED) is 0.102. The minimum Gasteiger partial charge on any atom is -0.406 e. The predicted molar refractivity (Wildman–Crippen MR) is 188 cm³/mol. The van der Waals surface area contributed by atoms with Crippen LogP contribution in [0.5, 0.6) is 5.75 Å². The molecular formula is C35H35F3N6O3S2. The second kappa shape index (κ2) is 13.9. The second-order valence-corrected chi connectivity index (χ2v) is 14.0. The van der Waals surface area contributed by atoms with Gasteiger partial charge in [-0.1, -0.05) is 61.2 Å². The van der Waals surface area contributed by atoms with E-state index in [2.05, 4.69) is 57.8 Å². The van der Waals surface area contributed by atoms with E-state index in [0.29, 0.717) is 24.0 Å². The highest BCUT2D eigenvalue weighted by Gasteiger charge is 2.34. The lowest BCUT2D eigenvalue weighted by Crippen LogP contribution is -2.34. The topological polar surface area (TPSA) is 77.2 Å². The number of thiocarbonyl (C=S) groups is 1. The highest BCUT2D eigenvalue weighted by molar-refractivity contribution is 8.14. The molecule has 1 atom stereocenters. The predicted octanol–water partition coefficient (Wildman–Crippen LogP) is 8.54. The average molecular weight is 709 g/mol.